The van der Waals surface area contributed by atoms with E-state index >= 15 is 0 Å². The maximum Gasteiger partial charge on any atom is 0.348 e. The fourth-order valence-electron chi connectivity index (χ4n) is 2.22. The van der Waals surface area contributed by atoms with Gasteiger partial charge in [-0.15, -0.1) is 0 Å². The summed E-state index contributed by atoms with van der Waals surface area (Å²) in [5, 5.41) is 9.83. The molecule has 0 bridgehead atoms. The summed E-state index contributed by atoms with van der Waals surface area (Å²) in [6.07, 6.45) is 3.94. The molecule has 92 valence electrons. The molecule has 1 aliphatic carbocycles. The van der Waals surface area contributed by atoms with Gasteiger partial charge in [-0.2, -0.15) is 0 Å². The van der Waals surface area contributed by atoms with Gasteiger partial charge in [0.15, 0.2) is 0 Å². The molecule has 0 spiro atoms. The molecule has 0 aliphatic heterocycles. The molecule has 1 saturated carbocycles. The summed E-state index contributed by atoms with van der Waals surface area (Å²) in [5.74, 6) is -0.435. The molecule has 0 unspecified atom stereocenters. The number of carboxylic acids is 1. The third-order valence-corrected chi connectivity index (χ3v) is 3.51. The van der Waals surface area contributed by atoms with Gasteiger partial charge in [0.25, 0.3) is 0 Å². The Labute approximate surface area is 105 Å². The molecule has 0 radical (unpaired) electrons. The van der Waals surface area contributed by atoms with Crippen LogP contribution >= 0.6 is 11.6 Å². The second kappa shape index (κ2) is 4.96. The molecule has 1 aromatic carbocycles. The highest BCUT2D eigenvalue weighted by molar-refractivity contribution is 6.32. The fourth-order valence-corrected chi connectivity index (χ4v) is 2.39. The van der Waals surface area contributed by atoms with E-state index in [0.717, 1.165) is 19.3 Å². The average Bonchev–Trinajstić information content (AvgIpc) is 2.33. The van der Waals surface area contributed by atoms with E-state index in [1.807, 2.05) is 0 Å². The lowest BCUT2D eigenvalue weighted by atomic mass is 9.84. The zero-order valence-corrected chi connectivity index (χ0v) is 10.2. The smallest absolute Gasteiger partial charge is 0.348 e. The molecule has 0 heterocycles. The SMILES string of the molecule is O=C(O)C1(Oc2ccccc2Cl)CCCCC1. The average molecular weight is 255 g/mol. The molecule has 1 N–H and O–H groups in total. The summed E-state index contributed by atoms with van der Waals surface area (Å²) in [7, 11) is 0. The topological polar surface area (TPSA) is 46.5 Å². The number of benzene rings is 1. The Hall–Kier alpha value is -1.22. The fraction of sp³-hybridized carbons (Fsp3) is 0.462. The number of carboxylic acid groups (broad SMARTS) is 1. The van der Waals surface area contributed by atoms with Crippen molar-refractivity contribution in [3.63, 3.8) is 0 Å². The van der Waals surface area contributed by atoms with Crippen molar-refractivity contribution >= 4 is 17.6 Å². The van der Waals surface area contributed by atoms with E-state index in [0.29, 0.717) is 23.6 Å². The summed E-state index contributed by atoms with van der Waals surface area (Å²) in [5.41, 5.74) is -1.09. The van der Waals surface area contributed by atoms with Crippen LogP contribution in [0.15, 0.2) is 24.3 Å². The maximum absolute atomic E-state index is 11.4. The molecular weight excluding hydrogens is 240 g/mol. The molecule has 1 fully saturated rings. The monoisotopic (exact) mass is 254 g/mol. The Morgan fingerprint density at radius 2 is 1.88 bits per heavy atom. The van der Waals surface area contributed by atoms with Crippen LogP contribution in [-0.4, -0.2) is 16.7 Å². The van der Waals surface area contributed by atoms with E-state index in [4.69, 9.17) is 16.3 Å². The van der Waals surface area contributed by atoms with Crippen LogP contribution in [0.4, 0.5) is 0 Å². The Kier molecular flexibility index (Phi) is 3.57. The highest BCUT2D eigenvalue weighted by atomic mass is 35.5. The van der Waals surface area contributed by atoms with Crippen LogP contribution in [0.1, 0.15) is 32.1 Å². The highest BCUT2D eigenvalue weighted by Crippen LogP contribution is 2.35. The number of rotatable bonds is 3. The standard InChI is InChI=1S/C13H15ClO3/c14-10-6-2-3-7-11(10)17-13(12(15)16)8-4-1-5-9-13/h2-3,6-7H,1,4-5,8-9H2,(H,15,16). The largest absolute Gasteiger partial charge is 0.478 e. The number of hydrogen-bond acceptors (Lipinski definition) is 2. The third-order valence-electron chi connectivity index (χ3n) is 3.19. The Morgan fingerprint density at radius 3 is 2.47 bits per heavy atom. The molecular formula is C13H15ClO3. The zero-order valence-electron chi connectivity index (χ0n) is 9.49. The van der Waals surface area contributed by atoms with Gasteiger partial charge >= 0.3 is 5.97 Å². The van der Waals surface area contributed by atoms with Gasteiger partial charge in [0.05, 0.1) is 5.02 Å². The third kappa shape index (κ3) is 2.55. The summed E-state index contributed by atoms with van der Waals surface area (Å²) >= 11 is 5.99. The van der Waals surface area contributed by atoms with E-state index < -0.39 is 11.6 Å². The number of hydrogen-bond donors (Lipinski definition) is 1. The van der Waals surface area contributed by atoms with Crippen LogP contribution in [0.2, 0.25) is 5.02 Å². The van der Waals surface area contributed by atoms with Crippen molar-refractivity contribution in [2.45, 2.75) is 37.7 Å². The summed E-state index contributed by atoms with van der Waals surface area (Å²) in [6.45, 7) is 0. The van der Waals surface area contributed by atoms with E-state index in [1.54, 1.807) is 24.3 Å². The lowest BCUT2D eigenvalue weighted by Gasteiger charge is -2.33. The van der Waals surface area contributed by atoms with Crippen LogP contribution in [0.25, 0.3) is 0 Å². The maximum atomic E-state index is 11.4. The number of carbonyl (C=O) groups is 1. The summed E-state index contributed by atoms with van der Waals surface area (Å²) in [6, 6.07) is 7.00. The van der Waals surface area contributed by atoms with Gasteiger partial charge in [0.1, 0.15) is 5.75 Å². The van der Waals surface area contributed by atoms with Crippen LogP contribution in [0, 0.1) is 0 Å². The van der Waals surface area contributed by atoms with E-state index in [9.17, 15) is 9.90 Å². The van der Waals surface area contributed by atoms with Gasteiger partial charge in [0, 0.05) is 0 Å². The molecule has 0 aromatic heterocycles. The first kappa shape index (κ1) is 12.2. The number of ether oxygens (including phenoxy) is 1. The van der Waals surface area contributed by atoms with Gasteiger partial charge in [0.2, 0.25) is 5.60 Å². The molecule has 17 heavy (non-hydrogen) atoms. The Balaban J connectivity index is 2.24. The Morgan fingerprint density at radius 1 is 1.24 bits per heavy atom. The first-order valence-electron chi connectivity index (χ1n) is 5.81. The van der Waals surface area contributed by atoms with Crippen molar-refractivity contribution < 1.29 is 14.6 Å². The summed E-state index contributed by atoms with van der Waals surface area (Å²) < 4.78 is 5.70. The second-order valence-electron chi connectivity index (χ2n) is 4.39. The van der Waals surface area contributed by atoms with Crippen LogP contribution in [-0.2, 0) is 4.79 Å². The number of halogens is 1. The normalized spacial score (nSPS) is 18.6. The second-order valence-corrected chi connectivity index (χ2v) is 4.80. The van der Waals surface area contributed by atoms with E-state index in [1.165, 1.54) is 0 Å². The molecule has 4 heteroatoms. The molecule has 1 aliphatic rings. The Bertz CT molecular complexity index is 411. The van der Waals surface area contributed by atoms with Crippen molar-refractivity contribution in [1.29, 1.82) is 0 Å². The van der Waals surface area contributed by atoms with Gasteiger partial charge in [-0.3, -0.25) is 0 Å². The van der Waals surface area contributed by atoms with Crippen LogP contribution < -0.4 is 4.74 Å². The van der Waals surface area contributed by atoms with Crippen LogP contribution in [0.5, 0.6) is 5.75 Å². The van der Waals surface area contributed by atoms with Gasteiger partial charge < -0.3 is 9.84 Å². The lowest BCUT2D eigenvalue weighted by molar-refractivity contribution is -0.158. The quantitative estimate of drug-likeness (QED) is 0.898. The van der Waals surface area contributed by atoms with Crippen molar-refractivity contribution in [3.05, 3.63) is 29.3 Å². The van der Waals surface area contributed by atoms with Gasteiger partial charge in [-0.1, -0.05) is 30.2 Å². The minimum absolute atomic E-state index is 0.457. The minimum atomic E-state index is -1.09. The first-order chi connectivity index (χ1) is 8.14. The zero-order chi connectivity index (χ0) is 12.3. The molecule has 1 aromatic rings. The van der Waals surface area contributed by atoms with Crippen molar-refractivity contribution in [2.75, 3.05) is 0 Å². The molecule has 0 amide bonds. The predicted octanol–water partition coefficient (Wildman–Crippen LogP) is 3.51. The van der Waals surface area contributed by atoms with E-state index in [2.05, 4.69) is 0 Å². The van der Waals surface area contributed by atoms with Crippen molar-refractivity contribution in [2.24, 2.45) is 0 Å². The molecule has 2 rings (SSSR count). The van der Waals surface area contributed by atoms with E-state index in [-0.39, 0.29) is 0 Å². The van der Waals surface area contributed by atoms with Crippen molar-refractivity contribution in [1.82, 2.24) is 0 Å². The van der Waals surface area contributed by atoms with Gasteiger partial charge in [-0.05, 0) is 37.8 Å². The van der Waals surface area contributed by atoms with Crippen molar-refractivity contribution in [3.8, 4) is 5.75 Å². The number of para-hydroxylation sites is 1. The van der Waals surface area contributed by atoms with Crippen LogP contribution in [0.3, 0.4) is 0 Å². The molecule has 0 atom stereocenters. The molecule has 0 saturated heterocycles. The number of aliphatic carboxylic acids is 1. The summed E-state index contributed by atoms with van der Waals surface area (Å²) in [4.78, 5) is 11.4. The highest BCUT2D eigenvalue weighted by Gasteiger charge is 2.42. The first-order valence-corrected chi connectivity index (χ1v) is 6.19. The molecule has 3 nitrogen and oxygen atoms in total. The van der Waals surface area contributed by atoms with Gasteiger partial charge in [-0.25, -0.2) is 4.79 Å². The predicted molar refractivity (Wildman–Crippen MR) is 65.5 cm³/mol. The minimum Gasteiger partial charge on any atom is -0.478 e. The lowest BCUT2D eigenvalue weighted by Crippen LogP contribution is -2.46.